The summed E-state index contributed by atoms with van der Waals surface area (Å²) in [5, 5.41) is 4.03. The number of nitrogens with one attached hydrogen (secondary N) is 1. The number of ether oxygens (including phenoxy) is 2. The molecule has 8 nitrogen and oxygen atoms in total. The van der Waals surface area contributed by atoms with Gasteiger partial charge in [-0.2, -0.15) is 0 Å². The van der Waals surface area contributed by atoms with Gasteiger partial charge in [-0.15, -0.1) is 0 Å². The van der Waals surface area contributed by atoms with Crippen LogP contribution in [0.4, 0.5) is 0 Å². The van der Waals surface area contributed by atoms with Crippen molar-refractivity contribution in [3.63, 3.8) is 0 Å². The smallest absolute Gasteiger partial charge is 0.271 e. The van der Waals surface area contributed by atoms with Crippen molar-refractivity contribution in [3.05, 3.63) is 48.0 Å². The molecular weight excluding hydrogens is 434 g/mol. The Balaban J connectivity index is 1.61. The van der Waals surface area contributed by atoms with Crippen LogP contribution in [-0.4, -0.2) is 47.1 Å². The van der Waals surface area contributed by atoms with E-state index in [1.165, 1.54) is 6.42 Å². The van der Waals surface area contributed by atoms with Gasteiger partial charge in [0.25, 0.3) is 5.91 Å². The highest BCUT2D eigenvalue weighted by Crippen LogP contribution is 2.40. The zero-order valence-electron chi connectivity index (χ0n) is 19.9. The molecule has 1 aliphatic carbocycles. The zero-order valence-corrected chi connectivity index (χ0v) is 19.9. The van der Waals surface area contributed by atoms with E-state index in [2.05, 4.69) is 5.32 Å². The Morgan fingerprint density at radius 3 is 2.56 bits per heavy atom. The van der Waals surface area contributed by atoms with Crippen LogP contribution in [0.2, 0.25) is 0 Å². The maximum atomic E-state index is 13.9. The molecule has 5 rings (SSSR count). The number of benzene rings is 1. The molecule has 3 heterocycles. The Morgan fingerprint density at radius 1 is 1.15 bits per heavy atom. The van der Waals surface area contributed by atoms with Gasteiger partial charge in [-0.25, -0.2) is 0 Å². The summed E-state index contributed by atoms with van der Waals surface area (Å²) in [7, 11) is 3.20. The van der Waals surface area contributed by atoms with Crippen LogP contribution in [0, 0.1) is 0 Å². The SMILES string of the molecule is COc1ccc(OC)c2c1cc1n2CC(C)(C(=O)NC2CCCCC2)N(Cc2ccco2)C1=O. The van der Waals surface area contributed by atoms with Crippen LogP contribution in [0.25, 0.3) is 10.9 Å². The fraction of sp³-hybridized carbons (Fsp3) is 0.462. The lowest BCUT2D eigenvalue weighted by molar-refractivity contribution is -0.134. The molecule has 1 atom stereocenters. The van der Waals surface area contributed by atoms with Crippen molar-refractivity contribution >= 4 is 22.7 Å². The van der Waals surface area contributed by atoms with Crippen LogP contribution in [0.1, 0.15) is 55.3 Å². The van der Waals surface area contributed by atoms with E-state index in [0.29, 0.717) is 29.5 Å². The molecule has 180 valence electrons. The standard InChI is InChI=1S/C26H31N3O5/c1-26(25(31)27-17-8-5-4-6-9-17)16-28-20(24(30)29(26)15-18-10-7-13-34-18)14-19-21(32-2)11-12-22(33-3)23(19)28/h7,10-14,17H,4-6,8-9,15-16H2,1-3H3,(H,27,31). The van der Waals surface area contributed by atoms with Gasteiger partial charge in [-0.3, -0.25) is 9.59 Å². The monoisotopic (exact) mass is 465 g/mol. The van der Waals surface area contributed by atoms with Crippen LogP contribution in [0.15, 0.2) is 41.0 Å². The Hall–Kier alpha value is -3.42. The molecule has 1 aromatic carbocycles. The van der Waals surface area contributed by atoms with E-state index < -0.39 is 5.54 Å². The fourth-order valence-electron chi connectivity index (χ4n) is 5.35. The lowest BCUT2D eigenvalue weighted by Crippen LogP contribution is -2.64. The first-order valence-corrected chi connectivity index (χ1v) is 11.9. The minimum absolute atomic E-state index is 0.135. The van der Waals surface area contributed by atoms with Gasteiger partial charge in [0.2, 0.25) is 5.91 Å². The Morgan fingerprint density at radius 2 is 1.88 bits per heavy atom. The van der Waals surface area contributed by atoms with Crippen molar-refractivity contribution in [2.24, 2.45) is 0 Å². The average molecular weight is 466 g/mol. The van der Waals surface area contributed by atoms with E-state index >= 15 is 0 Å². The number of methoxy groups -OCH3 is 2. The lowest BCUT2D eigenvalue weighted by atomic mass is 9.91. The van der Waals surface area contributed by atoms with Crippen molar-refractivity contribution in [3.8, 4) is 11.5 Å². The van der Waals surface area contributed by atoms with Crippen molar-refractivity contribution in [1.29, 1.82) is 0 Å². The number of carbonyl (C=O) groups is 2. The normalized spacial score (nSPS) is 20.9. The summed E-state index contributed by atoms with van der Waals surface area (Å²) in [5.41, 5.74) is 0.126. The summed E-state index contributed by atoms with van der Waals surface area (Å²) in [5.74, 6) is 1.53. The molecule has 0 radical (unpaired) electrons. The van der Waals surface area contributed by atoms with E-state index in [9.17, 15) is 9.59 Å². The molecule has 1 saturated carbocycles. The maximum Gasteiger partial charge on any atom is 0.271 e. The molecule has 1 fully saturated rings. The van der Waals surface area contributed by atoms with Gasteiger partial charge in [-0.1, -0.05) is 19.3 Å². The molecule has 1 N–H and O–H groups in total. The van der Waals surface area contributed by atoms with Gasteiger partial charge >= 0.3 is 0 Å². The summed E-state index contributed by atoms with van der Waals surface area (Å²) in [4.78, 5) is 29.4. The molecule has 1 unspecified atom stereocenters. The van der Waals surface area contributed by atoms with E-state index in [4.69, 9.17) is 13.9 Å². The largest absolute Gasteiger partial charge is 0.496 e. The summed E-state index contributed by atoms with van der Waals surface area (Å²) < 4.78 is 18.7. The summed E-state index contributed by atoms with van der Waals surface area (Å²) in [6.07, 6.45) is 6.94. The van der Waals surface area contributed by atoms with Crippen LogP contribution >= 0.6 is 0 Å². The third-order valence-electron chi connectivity index (χ3n) is 7.27. The first-order chi connectivity index (χ1) is 16.5. The topological polar surface area (TPSA) is 85.9 Å². The van der Waals surface area contributed by atoms with E-state index in [-0.39, 0.29) is 24.4 Å². The second-order valence-electron chi connectivity index (χ2n) is 9.40. The van der Waals surface area contributed by atoms with E-state index in [1.54, 1.807) is 31.4 Å². The summed E-state index contributed by atoms with van der Waals surface area (Å²) in [6.45, 7) is 2.34. The molecular formula is C26H31N3O5. The van der Waals surface area contributed by atoms with Crippen molar-refractivity contribution in [2.75, 3.05) is 14.2 Å². The number of carbonyl (C=O) groups excluding carboxylic acids is 2. The molecule has 0 spiro atoms. The van der Waals surface area contributed by atoms with Crippen LogP contribution < -0.4 is 14.8 Å². The number of hydrogen-bond donors (Lipinski definition) is 1. The summed E-state index contributed by atoms with van der Waals surface area (Å²) in [6, 6.07) is 9.23. The number of fused-ring (bicyclic) bond motifs is 3. The van der Waals surface area contributed by atoms with Gasteiger partial charge in [0, 0.05) is 11.4 Å². The number of nitrogens with zero attached hydrogens (tertiary/aromatic N) is 2. The number of amides is 2. The average Bonchev–Trinajstić information content (AvgIpc) is 3.50. The predicted octanol–water partition coefficient (Wildman–Crippen LogP) is 4.12. The number of furan rings is 1. The molecule has 2 aromatic heterocycles. The molecule has 1 aliphatic heterocycles. The van der Waals surface area contributed by atoms with Gasteiger partial charge in [-0.05, 0) is 50.1 Å². The molecule has 0 bridgehead atoms. The predicted molar refractivity (Wildman–Crippen MR) is 127 cm³/mol. The lowest BCUT2D eigenvalue weighted by Gasteiger charge is -2.44. The number of rotatable bonds is 6. The quantitative estimate of drug-likeness (QED) is 0.592. The van der Waals surface area contributed by atoms with Crippen LogP contribution in [0.3, 0.4) is 0 Å². The molecule has 3 aromatic rings. The van der Waals surface area contributed by atoms with Gasteiger partial charge in [0.15, 0.2) is 0 Å². The minimum atomic E-state index is -1.12. The van der Waals surface area contributed by atoms with Gasteiger partial charge < -0.3 is 28.7 Å². The highest BCUT2D eigenvalue weighted by Gasteiger charge is 2.49. The van der Waals surface area contributed by atoms with Crippen LogP contribution in [0.5, 0.6) is 11.5 Å². The number of aromatic nitrogens is 1. The summed E-state index contributed by atoms with van der Waals surface area (Å²) >= 11 is 0. The fourth-order valence-corrected chi connectivity index (χ4v) is 5.35. The number of hydrogen-bond acceptors (Lipinski definition) is 5. The molecule has 34 heavy (non-hydrogen) atoms. The Bertz CT molecular complexity index is 1210. The van der Waals surface area contributed by atoms with Crippen molar-refractivity contribution in [1.82, 2.24) is 14.8 Å². The Kier molecular flexibility index (Phi) is 5.75. The molecule has 8 heteroatoms. The van der Waals surface area contributed by atoms with Crippen molar-refractivity contribution < 1.29 is 23.5 Å². The highest BCUT2D eigenvalue weighted by atomic mass is 16.5. The highest BCUT2D eigenvalue weighted by molar-refractivity contribution is 6.05. The van der Waals surface area contributed by atoms with E-state index in [0.717, 1.165) is 36.6 Å². The molecule has 0 saturated heterocycles. The van der Waals surface area contributed by atoms with Gasteiger partial charge in [0.05, 0.1) is 39.1 Å². The zero-order chi connectivity index (χ0) is 23.9. The van der Waals surface area contributed by atoms with Crippen molar-refractivity contribution in [2.45, 2.75) is 63.7 Å². The molecule has 2 aliphatic rings. The minimum Gasteiger partial charge on any atom is -0.496 e. The van der Waals surface area contributed by atoms with Gasteiger partial charge in [0.1, 0.15) is 28.5 Å². The first kappa shape index (κ1) is 22.4. The third kappa shape index (κ3) is 3.61. The van der Waals surface area contributed by atoms with Crippen LogP contribution in [-0.2, 0) is 17.9 Å². The maximum absolute atomic E-state index is 13.9. The third-order valence-corrected chi connectivity index (χ3v) is 7.27. The molecule has 2 amide bonds. The second-order valence-corrected chi connectivity index (χ2v) is 9.40. The van der Waals surface area contributed by atoms with E-state index in [1.807, 2.05) is 35.8 Å². The second kappa shape index (κ2) is 8.74. The first-order valence-electron chi connectivity index (χ1n) is 11.9. The Labute approximate surface area is 198 Å².